The molecule has 0 unspecified atom stereocenters. The van der Waals surface area contributed by atoms with E-state index >= 15 is 0 Å². The second-order valence-electron chi connectivity index (χ2n) is 4.45. The predicted octanol–water partition coefficient (Wildman–Crippen LogP) is 3.70. The molecule has 0 spiro atoms. The number of rotatable bonds is 2. The second kappa shape index (κ2) is 5.42. The highest BCUT2D eigenvalue weighted by atomic mass is 35.5. The van der Waals surface area contributed by atoms with Crippen molar-refractivity contribution in [1.29, 1.82) is 0 Å². The Morgan fingerprint density at radius 2 is 1.76 bits per heavy atom. The molecule has 104 valence electrons. The highest BCUT2D eigenvalue weighted by Crippen LogP contribution is 2.16. The van der Waals surface area contributed by atoms with Crippen molar-refractivity contribution in [1.82, 2.24) is 0 Å². The predicted molar refractivity (Wildman–Crippen MR) is 81.9 cm³/mol. The first-order valence-electron chi connectivity index (χ1n) is 6.23. The van der Waals surface area contributed by atoms with Crippen molar-refractivity contribution in [3.63, 3.8) is 0 Å². The number of carbonyl (C=O) groups is 1. The number of carbonyl (C=O) groups excluding carboxylic acids is 1. The average Bonchev–Trinajstić information content (AvgIpc) is 2.49. The summed E-state index contributed by atoms with van der Waals surface area (Å²) in [5, 5.41) is 4.33. The Bertz CT molecular complexity index is 869. The summed E-state index contributed by atoms with van der Waals surface area (Å²) in [6.07, 6.45) is 0. The molecule has 1 N–H and O–H groups in total. The van der Waals surface area contributed by atoms with Crippen LogP contribution >= 0.6 is 11.6 Å². The SMILES string of the molecule is O=C(Nc1ccc(Cl)cc1)c1cc2ccccc2c(=O)o1. The summed E-state index contributed by atoms with van der Waals surface area (Å²) in [4.78, 5) is 24.0. The van der Waals surface area contributed by atoms with Gasteiger partial charge in [-0.3, -0.25) is 4.79 Å². The fourth-order valence-electron chi connectivity index (χ4n) is 1.97. The molecule has 0 saturated heterocycles. The van der Waals surface area contributed by atoms with Crippen LogP contribution in [0.3, 0.4) is 0 Å². The summed E-state index contributed by atoms with van der Waals surface area (Å²) in [6.45, 7) is 0. The van der Waals surface area contributed by atoms with Gasteiger partial charge in [-0.1, -0.05) is 29.8 Å². The van der Waals surface area contributed by atoms with E-state index < -0.39 is 11.5 Å². The lowest BCUT2D eigenvalue weighted by Crippen LogP contribution is -2.14. The van der Waals surface area contributed by atoms with Gasteiger partial charge in [0.05, 0.1) is 5.39 Å². The second-order valence-corrected chi connectivity index (χ2v) is 4.88. The number of amides is 1. The van der Waals surface area contributed by atoms with Gasteiger partial charge in [0, 0.05) is 10.7 Å². The molecule has 4 nitrogen and oxygen atoms in total. The Morgan fingerprint density at radius 3 is 2.52 bits per heavy atom. The summed E-state index contributed by atoms with van der Waals surface area (Å²) in [5.74, 6) is -0.520. The van der Waals surface area contributed by atoms with E-state index in [2.05, 4.69) is 5.32 Å². The van der Waals surface area contributed by atoms with E-state index in [9.17, 15) is 9.59 Å². The molecule has 1 heterocycles. The van der Waals surface area contributed by atoms with E-state index in [1.807, 2.05) is 0 Å². The van der Waals surface area contributed by atoms with E-state index in [0.29, 0.717) is 21.5 Å². The monoisotopic (exact) mass is 299 g/mol. The molecule has 1 amide bonds. The number of hydrogen-bond acceptors (Lipinski definition) is 3. The molecule has 0 saturated carbocycles. The normalized spacial score (nSPS) is 10.5. The first-order valence-corrected chi connectivity index (χ1v) is 6.61. The Labute approximate surface area is 125 Å². The molecule has 0 radical (unpaired) electrons. The third kappa shape index (κ3) is 2.80. The van der Waals surface area contributed by atoms with Gasteiger partial charge in [-0.25, -0.2) is 4.79 Å². The van der Waals surface area contributed by atoms with Crippen LogP contribution in [0.15, 0.2) is 63.8 Å². The number of nitrogens with one attached hydrogen (secondary N) is 1. The van der Waals surface area contributed by atoms with E-state index in [-0.39, 0.29) is 5.76 Å². The minimum absolute atomic E-state index is 0.0337. The van der Waals surface area contributed by atoms with Crippen molar-refractivity contribution in [2.75, 3.05) is 5.32 Å². The summed E-state index contributed by atoms with van der Waals surface area (Å²) in [7, 11) is 0. The van der Waals surface area contributed by atoms with Gasteiger partial charge in [0.1, 0.15) is 0 Å². The zero-order valence-corrected chi connectivity index (χ0v) is 11.6. The number of anilines is 1. The summed E-state index contributed by atoms with van der Waals surface area (Å²) < 4.78 is 5.05. The van der Waals surface area contributed by atoms with Crippen LogP contribution in [0.25, 0.3) is 10.8 Å². The number of fused-ring (bicyclic) bond motifs is 1. The van der Waals surface area contributed by atoms with Crippen molar-refractivity contribution in [3.8, 4) is 0 Å². The standard InChI is InChI=1S/C16H10ClNO3/c17-11-5-7-12(8-6-11)18-15(19)14-9-10-3-1-2-4-13(10)16(20)21-14/h1-9H,(H,18,19). The Kier molecular flexibility index (Phi) is 3.46. The summed E-state index contributed by atoms with van der Waals surface area (Å²) in [5.41, 5.74) is 0.0366. The minimum atomic E-state index is -0.533. The third-order valence-electron chi connectivity index (χ3n) is 3.00. The van der Waals surface area contributed by atoms with Crippen LogP contribution in [0.1, 0.15) is 10.6 Å². The van der Waals surface area contributed by atoms with Crippen LogP contribution in [0.2, 0.25) is 5.02 Å². The number of hydrogen-bond donors (Lipinski definition) is 1. The van der Waals surface area contributed by atoms with Gasteiger partial charge in [-0.2, -0.15) is 0 Å². The molecule has 0 bridgehead atoms. The van der Waals surface area contributed by atoms with Crippen molar-refractivity contribution in [2.45, 2.75) is 0 Å². The molecule has 3 aromatic rings. The smallest absolute Gasteiger partial charge is 0.344 e. The van der Waals surface area contributed by atoms with Gasteiger partial charge in [0.15, 0.2) is 5.76 Å². The molecule has 0 atom stereocenters. The largest absolute Gasteiger partial charge is 0.417 e. The van der Waals surface area contributed by atoms with Crippen LogP contribution in [-0.4, -0.2) is 5.91 Å². The maximum absolute atomic E-state index is 12.1. The first kappa shape index (κ1) is 13.4. The van der Waals surface area contributed by atoms with Crippen molar-refractivity contribution >= 4 is 34.0 Å². The summed E-state index contributed by atoms with van der Waals surface area (Å²) >= 11 is 5.78. The Morgan fingerprint density at radius 1 is 1.05 bits per heavy atom. The van der Waals surface area contributed by atoms with Gasteiger partial charge < -0.3 is 9.73 Å². The molecular formula is C16H10ClNO3. The average molecular weight is 300 g/mol. The van der Waals surface area contributed by atoms with Crippen LogP contribution in [-0.2, 0) is 0 Å². The van der Waals surface area contributed by atoms with Gasteiger partial charge in [0.25, 0.3) is 5.91 Å². The molecule has 2 aromatic carbocycles. The van der Waals surface area contributed by atoms with E-state index in [1.54, 1.807) is 54.6 Å². The molecule has 0 aliphatic heterocycles. The quantitative estimate of drug-likeness (QED) is 0.785. The minimum Gasteiger partial charge on any atom is -0.417 e. The van der Waals surface area contributed by atoms with Crippen LogP contribution in [0, 0.1) is 0 Å². The van der Waals surface area contributed by atoms with E-state index in [0.717, 1.165) is 0 Å². The molecule has 0 aliphatic rings. The van der Waals surface area contributed by atoms with Gasteiger partial charge in [0.2, 0.25) is 0 Å². The molecule has 3 rings (SSSR count). The van der Waals surface area contributed by atoms with Gasteiger partial charge >= 0.3 is 5.63 Å². The zero-order chi connectivity index (χ0) is 14.8. The molecule has 0 fully saturated rings. The highest BCUT2D eigenvalue weighted by molar-refractivity contribution is 6.30. The third-order valence-corrected chi connectivity index (χ3v) is 3.25. The first-order chi connectivity index (χ1) is 10.1. The van der Waals surface area contributed by atoms with E-state index in [4.69, 9.17) is 16.0 Å². The molecule has 5 heteroatoms. The Balaban J connectivity index is 1.94. The maximum Gasteiger partial charge on any atom is 0.344 e. The maximum atomic E-state index is 12.1. The number of benzene rings is 2. The van der Waals surface area contributed by atoms with Crippen LogP contribution in [0.5, 0.6) is 0 Å². The Hall–Kier alpha value is -2.59. The van der Waals surface area contributed by atoms with Gasteiger partial charge in [-0.05, 0) is 41.8 Å². The fourth-order valence-corrected chi connectivity index (χ4v) is 2.10. The number of halogens is 1. The van der Waals surface area contributed by atoms with Crippen LogP contribution in [0.4, 0.5) is 5.69 Å². The van der Waals surface area contributed by atoms with Gasteiger partial charge in [-0.15, -0.1) is 0 Å². The molecule has 21 heavy (non-hydrogen) atoms. The highest BCUT2D eigenvalue weighted by Gasteiger charge is 2.12. The van der Waals surface area contributed by atoms with Crippen molar-refractivity contribution in [2.24, 2.45) is 0 Å². The molecular weight excluding hydrogens is 290 g/mol. The fraction of sp³-hybridized carbons (Fsp3) is 0. The lowest BCUT2D eigenvalue weighted by Gasteiger charge is -2.05. The van der Waals surface area contributed by atoms with E-state index in [1.165, 1.54) is 0 Å². The van der Waals surface area contributed by atoms with Crippen molar-refractivity contribution < 1.29 is 9.21 Å². The zero-order valence-electron chi connectivity index (χ0n) is 10.8. The molecule has 0 aliphatic carbocycles. The van der Waals surface area contributed by atoms with Crippen molar-refractivity contribution in [3.05, 3.63) is 75.8 Å². The topological polar surface area (TPSA) is 59.3 Å². The molecule has 1 aromatic heterocycles. The van der Waals surface area contributed by atoms with Crippen LogP contribution < -0.4 is 10.9 Å². The summed E-state index contributed by atoms with van der Waals surface area (Å²) in [6, 6.07) is 15.1. The lowest BCUT2D eigenvalue weighted by atomic mass is 10.1. The lowest BCUT2D eigenvalue weighted by molar-refractivity contribution is 0.0993.